The predicted octanol–water partition coefficient (Wildman–Crippen LogP) is 2.12. The number of rotatable bonds is 3. The van der Waals surface area contributed by atoms with Gasteiger partial charge in [-0.05, 0) is 49.9 Å². The van der Waals surface area contributed by atoms with E-state index >= 15 is 0 Å². The second-order valence-corrected chi connectivity index (χ2v) is 5.41. The van der Waals surface area contributed by atoms with Gasteiger partial charge in [-0.2, -0.15) is 0 Å². The first-order chi connectivity index (χ1) is 9.29. The van der Waals surface area contributed by atoms with Crippen molar-refractivity contribution in [2.45, 2.75) is 25.2 Å². The first-order valence-electron chi connectivity index (χ1n) is 6.98. The minimum Gasteiger partial charge on any atom is -0.495 e. The van der Waals surface area contributed by atoms with Crippen LogP contribution in [0, 0.1) is 5.92 Å². The number of anilines is 1. The van der Waals surface area contributed by atoms with Crippen molar-refractivity contribution in [3.63, 3.8) is 0 Å². The molecule has 2 unspecified atom stereocenters. The van der Waals surface area contributed by atoms with Crippen molar-refractivity contribution in [3.8, 4) is 5.75 Å². The van der Waals surface area contributed by atoms with Gasteiger partial charge in [0.25, 0.3) is 0 Å². The van der Waals surface area contributed by atoms with Crippen molar-refractivity contribution in [1.29, 1.82) is 0 Å². The summed E-state index contributed by atoms with van der Waals surface area (Å²) in [5, 5.41) is 6.39. The Hall–Kier alpha value is -1.55. The van der Waals surface area contributed by atoms with E-state index < -0.39 is 0 Å². The number of amides is 1. The van der Waals surface area contributed by atoms with Crippen molar-refractivity contribution in [1.82, 2.24) is 5.32 Å². The average Bonchev–Trinajstić information content (AvgIpc) is 2.76. The fourth-order valence-electron chi connectivity index (χ4n) is 3.19. The summed E-state index contributed by atoms with van der Waals surface area (Å²) in [6.45, 7) is 2.14. The minimum atomic E-state index is -0.0185. The number of ether oxygens (including phenoxy) is 1. The third-order valence-electron chi connectivity index (χ3n) is 4.19. The van der Waals surface area contributed by atoms with E-state index in [4.69, 9.17) is 4.74 Å². The first kappa shape index (κ1) is 12.5. The summed E-state index contributed by atoms with van der Waals surface area (Å²) in [5.74, 6) is 1.46. The topological polar surface area (TPSA) is 50.4 Å². The van der Waals surface area contributed by atoms with Crippen molar-refractivity contribution in [2.75, 3.05) is 25.5 Å². The Morgan fingerprint density at radius 2 is 2.32 bits per heavy atom. The summed E-state index contributed by atoms with van der Waals surface area (Å²) in [7, 11) is 1.64. The third-order valence-corrected chi connectivity index (χ3v) is 4.19. The largest absolute Gasteiger partial charge is 0.495 e. The Labute approximate surface area is 113 Å². The number of para-hydroxylation sites is 1. The van der Waals surface area contributed by atoms with E-state index in [0.717, 1.165) is 36.5 Å². The molecule has 19 heavy (non-hydrogen) atoms. The summed E-state index contributed by atoms with van der Waals surface area (Å²) in [6, 6.07) is 5.89. The molecule has 0 spiro atoms. The number of nitrogens with one attached hydrogen (secondary N) is 2. The normalized spacial score (nSPS) is 25.8. The van der Waals surface area contributed by atoms with Gasteiger partial charge in [0.2, 0.25) is 5.91 Å². The molecule has 2 atom stereocenters. The summed E-state index contributed by atoms with van der Waals surface area (Å²) >= 11 is 0. The molecule has 1 fully saturated rings. The summed E-state index contributed by atoms with van der Waals surface area (Å²) in [4.78, 5) is 12.2. The minimum absolute atomic E-state index is 0.0185. The van der Waals surface area contributed by atoms with E-state index in [9.17, 15) is 4.79 Å². The molecule has 4 heteroatoms. The SMILES string of the molecule is COc1cccc2c1NC(=O)C2CC1CCCNC1. The lowest BCUT2D eigenvalue weighted by molar-refractivity contribution is -0.117. The molecule has 4 nitrogen and oxygen atoms in total. The lowest BCUT2D eigenvalue weighted by Gasteiger charge is -2.24. The molecule has 1 amide bonds. The zero-order chi connectivity index (χ0) is 13.2. The fraction of sp³-hybridized carbons (Fsp3) is 0.533. The summed E-state index contributed by atoms with van der Waals surface area (Å²) in [5.41, 5.74) is 1.96. The zero-order valence-corrected chi connectivity index (χ0v) is 11.2. The van der Waals surface area contributed by atoms with Crippen LogP contribution >= 0.6 is 0 Å². The summed E-state index contributed by atoms with van der Waals surface area (Å²) < 4.78 is 5.32. The van der Waals surface area contributed by atoms with Gasteiger partial charge < -0.3 is 15.4 Å². The molecular formula is C15H20N2O2. The van der Waals surface area contributed by atoms with Crippen molar-refractivity contribution >= 4 is 11.6 Å². The standard InChI is InChI=1S/C15H20N2O2/c1-19-13-6-2-5-11-12(15(18)17-14(11)13)8-10-4-3-7-16-9-10/h2,5-6,10,12,16H,3-4,7-9H2,1H3,(H,17,18). The van der Waals surface area contributed by atoms with Crippen molar-refractivity contribution < 1.29 is 9.53 Å². The molecule has 0 saturated carbocycles. The maximum atomic E-state index is 12.2. The number of benzene rings is 1. The first-order valence-corrected chi connectivity index (χ1v) is 6.98. The Kier molecular flexibility index (Phi) is 3.42. The highest BCUT2D eigenvalue weighted by Crippen LogP contribution is 2.42. The van der Waals surface area contributed by atoms with E-state index in [-0.39, 0.29) is 11.8 Å². The van der Waals surface area contributed by atoms with Gasteiger partial charge in [-0.15, -0.1) is 0 Å². The van der Waals surface area contributed by atoms with Gasteiger partial charge in [0.05, 0.1) is 18.7 Å². The van der Waals surface area contributed by atoms with Crippen LogP contribution in [0.5, 0.6) is 5.75 Å². The monoisotopic (exact) mass is 260 g/mol. The Bertz CT molecular complexity index is 481. The second kappa shape index (κ2) is 5.21. The highest BCUT2D eigenvalue weighted by Gasteiger charge is 2.34. The van der Waals surface area contributed by atoms with Crippen LogP contribution in [0.4, 0.5) is 5.69 Å². The molecule has 1 aromatic rings. The molecule has 2 aliphatic heterocycles. The highest BCUT2D eigenvalue weighted by atomic mass is 16.5. The second-order valence-electron chi connectivity index (χ2n) is 5.41. The quantitative estimate of drug-likeness (QED) is 0.875. The Morgan fingerprint density at radius 1 is 1.42 bits per heavy atom. The lowest BCUT2D eigenvalue weighted by Crippen LogP contribution is -2.31. The van der Waals surface area contributed by atoms with Gasteiger partial charge in [0, 0.05) is 0 Å². The molecule has 0 bridgehead atoms. The molecular weight excluding hydrogens is 240 g/mol. The van der Waals surface area contributed by atoms with Gasteiger partial charge in [0.1, 0.15) is 5.75 Å². The molecule has 1 saturated heterocycles. The maximum Gasteiger partial charge on any atom is 0.232 e. The Balaban J connectivity index is 1.82. The van der Waals surface area contributed by atoms with Crippen LogP contribution in [0.2, 0.25) is 0 Å². The van der Waals surface area contributed by atoms with Gasteiger partial charge >= 0.3 is 0 Å². The maximum absolute atomic E-state index is 12.2. The van der Waals surface area contributed by atoms with Crippen LogP contribution in [0.15, 0.2) is 18.2 Å². The molecule has 2 heterocycles. The van der Waals surface area contributed by atoms with E-state index in [1.54, 1.807) is 7.11 Å². The van der Waals surface area contributed by atoms with E-state index in [1.165, 1.54) is 12.8 Å². The van der Waals surface area contributed by atoms with Crippen LogP contribution in [0.3, 0.4) is 0 Å². The van der Waals surface area contributed by atoms with Gasteiger partial charge in [-0.3, -0.25) is 4.79 Å². The molecule has 0 aliphatic carbocycles. The van der Waals surface area contributed by atoms with E-state index in [1.807, 2.05) is 18.2 Å². The van der Waals surface area contributed by atoms with E-state index in [0.29, 0.717) is 5.92 Å². The van der Waals surface area contributed by atoms with Crippen LogP contribution in [0.25, 0.3) is 0 Å². The van der Waals surface area contributed by atoms with Crippen LogP contribution in [-0.2, 0) is 4.79 Å². The number of hydrogen-bond acceptors (Lipinski definition) is 3. The van der Waals surface area contributed by atoms with E-state index in [2.05, 4.69) is 10.6 Å². The fourth-order valence-corrected chi connectivity index (χ4v) is 3.19. The zero-order valence-electron chi connectivity index (χ0n) is 11.2. The van der Waals surface area contributed by atoms with Crippen molar-refractivity contribution in [2.24, 2.45) is 5.92 Å². The number of carbonyl (C=O) groups excluding carboxylic acids is 1. The molecule has 2 aliphatic rings. The molecule has 2 N–H and O–H groups in total. The number of carbonyl (C=O) groups is 1. The Morgan fingerprint density at radius 3 is 3.05 bits per heavy atom. The van der Waals surface area contributed by atoms with Gasteiger partial charge in [-0.1, -0.05) is 12.1 Å². The van der Waals surface area contributed by atoms with Crippen LogP contribution in [-0.4, -0.2) is 26.1 Å². The van der Waals surface area contributed by atoms with Crippen molar-refractivity contribution in [3.05, 3.63) is 23.8 Å². The van der Waals surface area contributed by atoms with Crippen LogP contribution < -0.4 is 15.4 Å². The predicted molar refractivity (Wildman–Crippen MR) is 74.6 cm³/mol. The number of fused-ring (bicyclic) bond motifs is 1. The number of methoxy groups -OCH3 is 1. The molecule has 1 aromatic carbocycles. The summed E-state index contributed by atoms with van der Waals surface area (Å²) in [6.07, 6.45) is 3.36. The molecule has 0 radical (unpaired) electrons. The molecule has 3 rings (SSSR count). The lowest BCUT2D eigenvalue weighted by atomic mass is 9.86. The molecule has 102 valence electrons. The van der Waals surface area contributed by atoms with Gasteiger partial charge in [-0.25, -0.2) is 0 Å². The van der Waals surface area contributed by atoms with Gasteiger partial charge in [0.15, 0.2) is 0 Å². The smallest absolute Gasteiger partial charge is 0.232 e. The average molecular weight is 260 g/mol. The number of hydrogen-bond donors (Lipinski definition) is 2. The van der Waals surface area contributed by atoms with Crippen LogP contribution in [0.1, 0.15) is 30.7 Å². The number of piperidine rings is 1. The highest BCUT2D eigenvalue weighted by molar-refractivity contribution is 6.04. The molecule has 0 aromatic heterocycles. The third kappa shape index (κ3) is 2.32.